The van der Waals surface area contributed by atoms with Crippen LogP contribution in [0.2, 0.25) is 314 Å². The molecule has 0 fully saturated rings. The van der Waals surface area contributed by atoms with Crippen molar-refractivity contribution < 1.29 is 65.8 Å². The van der Waals surface area contributed by atoms with Crippen LogP contribution in [-0.4, -0.2) is 191 Å². The molecule has 0 bridgehead atoms. The minimum Gasteiger partial charge on any atom is -0.439 e. The maximum atomic E-state index is 6.39. The summed E-state index contributed by atoms with van der Waals surface area (Å²) in [6.07, 6.45) is 0. The first kappa shape index (κ1) is 139. The van der Waals surface area contributed by atoms with E-state index in [0.29, 0.717) is 0 Å². The van der Waals surface area contributed by atoms with Crippen LogP contribution >= 0.6 is 0 Å². The Kier molecular flexibility index (Phi) is 76.8. The summed E-state index contributed by atoms with van der Waals surface area (Å²) in [6, 6.07) is 0. The fraction of sp³-hybridized carbons (Fsp3) is 1.00. The summed E-state index contributed by atoms with van der Waals surface area (Å²) >= 11 is 0. The molecule has 2 atom stereocenters. The minimum absolute atomic E-state index is 0. The second-order valence-electron chi connectivity index (χ2n) is 33.7. The highest BCUT2D eigenvalue weighted by Crippen LogP contribution is 2.29. The van der Waals surface area contributed by atoms with E-state index in [9.17, 15) is 0 Å². The highest BCUT2D eigenvalue weighted by molar-refractivity contribution is 6.93. The van der Waals surface area contributed by atoms with Crippen molar-refractivity contribution in [3.63, 3.8) is 0 Å². The summed E-state index contributed by atoms with van der Waals surface area (Å²) in [5, 5.41) is 0. The molecule has 16 nitrogen and oxygen atoms in total. The van der Waals surface area contributed by atoms with Crippen LogP contribution in [0.15, 0.2) is 0 Å². The largest absolute Gasteiger partial charge is 0.439 e. The first-order chi connectivity index (χ1) is 36.7. The van der Waals surface area contributed by atoms with E-state index < -0.39 is 171 Å². The maximum absolute atomic E-state index is 6.39. The van der Waals surface area contributed by atoms with Crippen molar-refractivity contribution in [1.29, 1.82) is 0 Å². The van der Waals surface area contributed by atoms with Gasteiger partial charge in [-0.25, -0.2) is 0 Å². The highest BCUT2D eigenvalue weighted by Gasteiger charge is 2.47. The Hall–Kier alpha value is 4.13. The molecule has 38 heteroatoms. The fourth-order valence-corrected chi connectivity index (χ4v) is 95.0. The van der Waals surface area contributed by atoms with Crippen molar-refractivity contribution in [3.8, 4) is 0 Å². The lowest BCUT2D eigenvalue weighted by molar-refractivity contribution is 0.297. The molecule has 0 aromatic heterocycles. The summed E-state index contributed by atoms with van der Waals surface area (Å²) in [4.78, 5) is 0. The molecule has 0 amide bonds. The first-order valence-corrected chi connectivity index (χ1v) is 95.4. The van der Waals surface area contributed by atoms with Crippen molar-refractivity contribution in [2.75, 3.05) is 0 Å². The highest BCUT2D eigenvalue weighted by atomic mass is 28.5. The second-order valence-corrected chi connectivity index (χ2v) is 111. The number of hydrogen-bond acceptors (Lipinski definition) is 16. The third-order valence-corrected chi connectivity index (χ3v) is 73.8. The molecule has 0 aliphatic carbocycles. The summed E-state index contributed by atoms with van der Waals surface area (Å²) in [6.45, 7) is 104. The van der Waals surface area contributed by atoms with E-state index in [1.54, 1.807) is 0 Å². The molecule has 0 heterocycles. The molecule has 0 aliphatic rings. The van der Waals surface area contributed by atoms with E-state index in [1.165, 1.54) is 20.5 Å². The Morgan fingerprint density at radius 2 is 0.240 bits per heavy atom. The van der Waals surface area contributed by atoms with Crippen LogP contribution in [-0.2, 0) is 65.8 Å². The molecule has 0 saturated carbocycles. The van der Waals surface area contributed by atoms with E-state index >= 15 is 0 Å². The van der Waals surface area contributed by atoms with Gasteiger partial charge in [0.05, 0.1) is 0 Å². The molecule has 0 aromatic rings. The summed E-state index contributed by atoms with van der Waals surface area (Å²) in [5.41, 5.74) is 0. The third kappa shape index (κ3) is 100. The van der Waals surface area contributed by atoms with Crippen LogP contribution in [0.4, 0.5) is 0 Å². The third-order valence-electron chi connectivity index (χ3n) is 8.20. The lowest BCUT2D eigenvalue weighted by atomic mass is 11.8. The van der Waals surface area contributed by atoms with Gasteiger partial charge in [-0.1, -0.05) is 87.4 Å². The lowest BCUT2D eigenvalue weighted by Gasteiger charge is -2.41. The topological polar surface area (TPSA) is 148 Å². The van der Waals surface area contributed by atoms with Crippen LogP contribution < -0.4 is 0 Å². The number of hydrogen-bond donors (Lipinski definition) is 0. The van der Waals surface area contributed by atoms with Gasteiger partial charge in [0, 0.05) is 0 Å². The quantitative estimate of drug-likeness (QED) is 0.0588. The molecule has 0 aliphatic heterocycles. The first-order valence-electron chi connectivity index (χ1n) is 31.8. The van der Waals surface area contributed by atoms with Gasteiger partial charge in [0.2, 0.25) is 0 Å². The van der Waals surface area contributed by atoms with E-state index in [1.807, 2.05) is 0 Å². The van der Waals surface area contributed by atoms with Crippen LogP contribution in [0.3, 0.4) is 0 Å². The smallest absolute Gasteiger partial charge is 0.314 e. The molecule has 608 valence electrons. The van der Waals surface area contributed by atoms with Gasteiger partial charge in [-0.05, 0) is 322 Å². The minimum atomic E-state index is -2.26. The van der Waals surface area contributed by atoms with Gasteiger partial charge in [0.25, 0.3) is 18.6 Å². The van der Waals surface area contributed by atoms with Crippen molar-refractivity contribution >= 4 is 191 Å². The Balaban J connectivity index is -0.0000000603. The molecule has 0 rings (SSSR count). The standard InChI is InChI=1S/2C12H36O4Si5.2C11H34O4Si5.2CH6Si.10CH4/c2*1-17(2,3)13-19(7,8)15-21(11,12)16-20(9,10)14-18(4,5)6;2*1-16(12-17(2,3)4)13-19(8,9)15-20(10,11)14-18(5,6)7;2*1-2;;;;;;;;;;/h2*1-12H3;2*16H,1-11H3;2*1-2H3;10*1H4. The molecular formula is C58H192O16Si22. The normalized spacial score (nSPS) is 13.8. The molecule has 0 radical (unpaired) electrons. The monoisotopic (exact) mass is 1760 g/mol. The van der Waals surface area contributed by atoms with Gasteiger partial charge in [-0.15, -0.1) is 0 Å². The van der Waals surface area contributed by atoms with Gasteiger partial charge >= 0.3 is 85.6 Å². The van der Waals surface area contributed by atoms with Gasteiger partial charge in [-0.3, -0.25) is 0 Å². The molecular weight excluding hydrogens is 1570 g/mol. The van der Waals surface area contributed by atoms with Crippen molar-refractivity contribution in [2.45, 2.75) is 389 Å². The van der Waals surface area contributed by atoms with E-state index in [0.717, 1.165) is 0 Å². The summed E-state index contributed by atoms with van der Waals surface area (Å²) < 4.78 is 100. The fourth-order valence-electron chi connectivity index (χ4n) is 10.0. The Morgan fingerprint density at radius 1 is 0.146 bits per heavy atom. The zero-order chi connectivity index (χ0) is 71.5. The van der Waals surface area contributed by atoms with Gasteiger partial charge in [0.1, 0.15) is 0 Å². The number of rotatable bonds is 32. The van der Waals surface area contributed by atoms with Crippen molar-refractivity contribution in [2.24, 2.45) is 0 Å². The van der Waals surface area contributed by atoms with E-state index in [2.05, 4.69) is 314 Å². The van der Waals surface area contributed by atoms with Crippen LogP contribution in [0.25, 0.3) is 0 Å². The van der Waals surface area contributed by atoms with Gasteiger partial charge in [-0.2, -0.15) is 0 Å². The Bertz CT molecular complexity index is 1650. The average molecular weight is 1760 g/mol. The van der Waals surface area contributed by atoms with Crippen LogP contribution in [0.5, 0.6) is 0 Å². The zero-order valence-corrected chi connectivity index (χ0v) is 91.0. The predicted octanol–water partition coefficient (Wildman–Crippen LogP) is 22.8. The van der Waals surface area contributed by atoms with Crippen LogP contribution in [0.1, 0.15) is 74.3 Å². The summed E-state index contributed by atoms with van der Waals surface area (Å²) in [7, 11) is -35.0. The van der Waals surface area contributed by atoms with E-state index in [4.69, 9.17) is 65.8 Å². The molecule has 0 spiro atoms. The molecule has 0 saturated heterocycles. The molecule has 96 heavy (non-hydrogen) atoms. The summed E-state index contributed by atoms with van der Waals surface area (Å²) in [5.74, 6) is 0. The van der Waals surface area contributed by atoms with Crippen molar-refractivity contribution in [3.05, 3.63) is 0 Å². The second kappa shape index (κ2) is 53.1. The van der Waals surface area contributed by atoms with Gasteiger partial charge in [0.15, 0.2) is 66.5 Å². The Morgan fingerprint density at radius 3 is 0.333 bits per heavy atom. The van der Waals surface area contributed by atoms with Gasteiger partial charge < -0.3 is 65.8 Å². The SMILES string of the molecule is C.C.C.C.C.C.C.C.C.C.C[SiH3].C[SiH3].C[SiH](O[Si](C)(C)C)O[Si](C)(C)O[Si](C)(C)O[Si](C)(C)C.C[SiH](O[Si](C)(C)C)O[Si](C)(C)O[Si](C)(C)O[Si](C)(C)C.C[Si](C)(C)O[Si](C)(C)O[Si](C)(C)O[Si](C)(C)O[Si](C)(C)C.C[Si](C)(C)O[Si](C)(C)O[Si](C)(C)O[Si](C)(C)O[Si](C)(C)C. The predicted molar refractivity (Wildman–Crippen MR) is 504 cm³/mol. The lowest BCUT2D eigenvalue weighted by Crippen LogP contribution is -2.58. The molecule has 0 N–H and O–H groups in total. The zero-order valence-electron chi connectivity index (χ0n) is 66.7. The average Bonchev–Trinajstić information content (AvgIpc) is 3.01. The molecule has 0 aromatic carbocycles. The Labute approximate surface area is 640 Å². The van der Waals surface area contributed by atoms with E-state index in [-0.39, 0.29) is 74.3 Å². The maximum Gasteiger partial charge on any atom is 0.314 e. The molecule has 2 unspecified atom stereocenters. The van der Waals surface area contributed by atoms with Crippen molar-refractivity contribution in [1.82, 2.24) is 0 Å². The van der Waals surface area contributed by atoms with Crippen LogP contribution in [0, 0.1) is 0 Å².